The summed E-state index contributed by atoms with van der Waals surface area (Å²) in [7, 11) is -4.15. The third-order valence-corrected chi connectivity index (χ3v) is 8.70. The van der Waals surface area contributed by atoms with E-state index in [9.17, 15) is 18.0 Å². The predicted octanol–water partition coefficient (Wildman–Crippen LogP) is 5.62. The highest BCUT2D eigenvalue weighted by molar-refractivity contribution is 9.10. The fraction of sp³-hybridized carbons (Fsp3) is 0.355. The third kappa shape index (κ3) is 8.81. The van der Waals surface area contributed by atoms with Crippen LogP contribution in [0.25, 0.3) is 0 Å². The van der Waals surface area contributed by atoms with E-state index in [1.54, 1.807) is 36.4 Å². The second kappa shape index (κ2) is 15.0. The average Bonchev–Trinajstić information content (AvgIpc) is 2.96. The number of carbonyl (C=O) groups excluding carboxylic acids is 2. The molecule has 0 aliphatic heterocycles. The highest BCUT2D eigenvalue weighted by Crippen LogP contribution is 2.27. The van der Waals surface area contributed by atoms with E-state index in [0.717, 1.165) is 14.3 Å². The number of benzene rings is 3. The van der Waals surface area contributed by atoms with Crippen molar-refractivity contribution >= 4 is 43.5 Å². The third-order valence-electron chi connectivity index (χ3n) is 6.38. The van der Waals surface area contributed by atoms with Crippen molar-refractivity contribution in [2.24, 2.45) is 5.92 Å². The first-order valence-corrected chi connectivity index (χ1v) is 15.9. The lowest BCUT2D eigenvalue weighted by Gasteiger charge is -2.33. The van der Waals surface area contributed by atoms with Gasteiger partial charge in [0, 0.05) is 17.6 Å². The highest BCUT2D eigenvalue weighted by atomic mass is 79.9. The van der Waals surface area contributed by atoms with E-state index in [1.807, 2.05) is 58.0 Å². The normalized spacial score (nSPS) is 12.0. The number of nitrogens with zero attached hydrogens (tertiary/aromatic N) is 2. The first-order valence-electron chi connectivity index (χ1n) is 13.7. The minimum absolute atomic E-state index is 0.0405. The molecule has 41 heavy (non-hydrogen) atoms. The van der Waals surface area contributed by atoms with Crippen molar-refractivity contribution in [3.8, 4) is 5.75 Å². The van der Waals surface area contributed by atoms with Crippen molar-refractivity contribution in [1.82, 2.24) is 10.2 Å². The van der Waals surface area contributed by atoms with Gasteiger partial charge in [0.25, 0.3) is 10.0 Å². The topological polar surface area (TPSA) is 96.0 Å². The lowest BCUT2D eigenvalue weighted by molar-refractivity contribution is -0.140. The zero-order chi connectivity index (χ0) is 30.0. The van der Waals surface area contributed by atoms with Crippen LogP contribution in [0.2, 0.25) is 0 Å². The number of anilines is 1. The summed E-state index contributed by atoms with van der Waals surface area (Å²) in [6.45, 7) is 8.29. The first kappa shape index (κ1) is 32.1. The number of ether oxygens (including phenoxy) is 1. The van der Waals surface area contributed by atoms with Crippen LogP contribution in [0.15, 0.2) is 88.2 Å². The summed E-state index contributed by atoms with van der Waals surface area (Å²) in [5.74, 6) is 0.0620. The molecular weight excluding hydrogens is 606 g/mol. The zero-order valence-corrected chi connectivity index (χ0v) is 26.3. The molecular formula is C31H38BrN3O5S. The van der Waals surface area contributed by atoms with E-state index >= 15 is 0 Å². The monoisotopic (exact) mass is 643 g/mol. The van der Waals surface area contributed by atoms with Crippen molar-refractivity contribution in [3.63, 3.8) is 0 Å². The zero-order valence-electron chi connectivity index (χ0n) is 23.9. The van der Waals surface area contributed by atoms with Gasteiger partial charge in [0.2, 0.25) is 11.8 Å². The molecule has 0 aromatic heterocycles. The van der Waals surface area contributed by atoms with Crippen LogP contribution >= 0.6 is 15.9 Å². The molecule has 8 nitrogen and oxygen atoms in total. The minimum Gasteiger partial charge on any atom is -0.494 e. The molecule has 2 amide bonds. The Hall–Kier alpha value is -3.37. The van der Waals surface area contributed by atoms with Crippen LogP contribution in [0.4, 0.5) is 5.69 Å². The smallest absolute Gasteiger partial charge is 0.264 e. The Labute approximate surface area is 251 Å². The van der Waals surface area contributed by atoms with Crippen LogP contribution in [0.5, 0.6) is 5.75 Å². The first-order chi connectivity index (χ1) is 19.6. The second-order valence-electron chi connectivity index (χ2n) is 9.96. The predicted molar refractivity (Wildman–Crippen MR) is 165 cm³/mol. The summed E-state index contributed by atoms with van der Waals surface area (Å²) >= 11 is 3.35. The molecule has 0 unspecified atom stereocenters. The molecule has 0 saturated carbocycles. The van der Waals surface area contributed by atoms with Gasteiger partial charge in [-0.25, -0.2) is 8.42 Å². The van der Waals surface area contributed by atoms with Gasteiger partial charge in [-0.2, -0.15) is 0 Å². The summed E-state index contributed by atoms with van der Waals surface area (Å²) in [5, 5.41) is 2.94. The molecule has 0 fully saturated rings. The van der Waals surface area contributed by atoms with Gasteiger partial charge in [-0.15, -0.1) is 0 Å². The number of amides is 2. The van der Waals surface area contributed by atoms with Gasteiger partial charge < -0.3 is 15.0 Å². The number of hydrogen-bond acceptors (Lipinski definition) is 5. The Kier molecular flexibility index (Phi) is 11.8. The SMILES string of the molecule is CCOc1ccc(N(CC(=O)N(Cc2ccccc2)[C@H](CC)C(=O)NCC(C)C)S(=O)(=O)c2ccc(Br)cc2)cc1. The largest absolute Gasteiger partial charge is 0.494 e. The number of carbonyl (C=O) groups is 2. The maximum atomic E-state index is 14.1. The summed E-state index contributed by atoms with van der Waals surface area (Å²) in [6.07, 6.45) is 0.366. The molecule has 3 rings (SSSR count). The molecule has 0 radical (unpaired) electrons. The Morgan fingerprint density at radius 1 is 0.927 bits per heavy atom. The quantitative estimate of drug-likeness (QED) is 0.246. The number of halogens is 1. The van der Waals surface area contributed by atoms with Crippen LogP contribution in [0, 0.1) is 5.92 Å². The van der Waals surface area contributed by atoms with E-state index in [1.165, 1.54) is 17.0 Å². The number of rotatable bonds is 14. The fourth-order valence-corrected chi connectivity index (χ4v) is 5.94. The maximum absolute atomic E-state index is 14.1. The molecule has 220 valence electrons. The Morgan fingerprint density at radius 2 is 1.56 bits per heavy atom. The Bertz CT molecular complexity index is 1380. The average molecular weight is 645 g/mol. The lowest BCUT2D eigenvalue weighted by atomic mass is 10.1. The molecule has 0 spiro atoms. The van der Waals surface area contributed by atoms with Crippen molar-refractivity contribution in [2.75, 3.05) is 24.0 Å². The summed E-state index contributed by atoms with van der Waals surface area (Å²) in [6, 6.07) is 21.4. The van der Waals surface area contributed by atoms with E-state index < -0.39 is 28.5 Å². The summed E-state index contributed by atoms with van der Waals surface area (Å²) < 4.78 is 35.2. The number of nitrogens with one attached hydrogen (secondary N) is 1. The molecule has 0 bridgehead atoms. The van der Waals surface area contributed by atoms with Crippen molar-refractivity contribution < 1.29 is 22.7 Å². The van der Waals surface area contributed by atoms with Gasteiger partial charge in [-0.1, -0.05) is 67.0 Å². The molecule has 0 aliphatic rings. The van der Waals surface area contributed by atoms with E-state index in [-0.39, 0.29) is 23.3 Å². The maximum Gasteiger partial charge on any atom is 0.264 e. The molecule has 3 aromatic rings. The van der Waals surface area contributed by atoms with E-state index in [0.29, 0.717) is 31.0 Å². The molecule has 0 heterocycles. The van der Waals surface area contributed by atoms with Crippen molar-refractivity contribution in [2.45, 2.75) is 51.6 Å². The molecule has 1 atom stereocenters. The molecule has 1 N–H and O–H groups in total. The summed E-state index contributed by atoms with van der Waals surface area (Å²) in [5.41, 5.74) is 1.14. The van der Waals surface area contributed by atoms with Crippen molar-refractivity contribution in [1.29, 1.82) is 0 Å². The molecule has 0 saturated heterocycles. The molecule has 0 aliphatic carbocycles. The highest BCUT2D eigenvalue weighted by Gasteiger charge is 2.33. The van der Waals surface area contributed by atoms with Crippen LogP contribution in [-0.4, -0.2) is 50.9 Å². The van der Waals surface area contributed by atoms with Crippen LogP contribution in [0.1, 0.15) is 39.7 Å². The second-order valence-corrected chi connectivity index (χ2v) is 12.7. The van der Waals surface area contributed by atoms with Gasteiger partial charge in [0.1, 0.15) is 18.3 Å². The van der Waals surface area contributed by atoms with Gasteiger partial charge in [0.15, 0.2) is 0 Å². The van der Waals surface area contributed by atoms with Crippen LogP contribution in [-0.2, 0) is 26.2 Å². The van der Waals surface area contributed by atoms with Crippen molar-refractivity contribution in [3.05, 3.63) is 88.9 Å². The minimum atomic E-state index is -4.15. The van der Waals surface area contributed by atoms with Gasteiger partial charge in [-0.3, -0.25) is 13.9 Å². The Morgan fingerprint density at radius 3 is 2.12 bits per heavy atom. The standard InChI is InChI=1S/C31H38BrN3O5S/c1-5-29(31(37)33-20-23(3)4)34(21-24-10-8-7-9-11-24)30(36)22-35(26-14-16-27(17-15-26)40-6-2)41(38,39)28-18-12-25(32)13-19-28/h7-19,23,29H,5-6,20-22H2,1-4H3,(H,33,37)/t29-/m1/s1. The molecule has 10 heteroatoms. The van der Waals surface area contributed by atoms with Gasteiger partial charge in [0.05, 0.1) is 17.2 Å². The number of hydrogen-bond donors (Lipinski definition) is 1. The van der Waals surface area contributed by atoms with Crippen LogP contribution in [0.3, 0.4) is 0 Å². The lowest BCUT2D eigenvalue weighted by Crippen LogP contribution is -2.52. The summed E-state index contributed by atoms with van der Waals surface area (Å²) in [4.78, 5) is 28.9. The number of sulfonamides is 1. The van der Waals surface area contributed by atoms with Gasteiger partial charge >= 0.3 is 0 Å². The fourth-order valence-electron chi connectivity index (χ4n) is 4.26. The van der Waals surface area contributed by atoms with Crippen LogP contribution < -0.4 is 14.4 Å². The van der Waals surface area contributed by atoms with Gasteiger partial charge in [-0.05, 0) is 73.4 Å². The van der Waals surface area contributed by atoms with E-state index in [2.05, 4.69) is 21.2 Å². The molecule has 3 aromatic carbocycles. The Balaban J connectivity index is 2.03. The van der Waals surface area contributed by atoms with E-state index in [4.69, 9.17) is 4.74 Å².